The van der Waals surface area contributed by atoms with E-state index in [4.69, 9.17) is 4.74 Å². The molecule has 204 valence electrons. The lowest BCUT2D eigenvalue weighted by molar-refractivity contribution is -0.654. The van der Waals surface area contributed by atoms with E-state index >= 15 is 0 Å². The van der Waals surface area contributed by atoms with Crippen LogP contribution in [0.3, 0.4) is 0 Å². The van der Waals surface area contributed by atoms with E-state index in [9.17, 15) is 14.5 Å². The number of thiazole rings is 1. The van der Waals surface area contributed by atoms with Crippen molar-refractivity contribution in [2.45, 2.75) is 6.42 Å². The molecular weight excluding hydrogens is 544 g/mol. The van der Waals surface area contributed by atoms with E-state index in [1.165, 1.54) is 11.6 Å². The summed E-state index contributed by atoms with van der Waals surface area (Å²) < 4.78 is 8.57. The maximum atomic E-state index is 13.4. The first kappa shape index (κ1) is 27.2. The smallest absolute Gasteiger partial charge is 0.296 e. The molecule has 12 heteroatoms. The number of rotatable bonds is 7. The minimum absolute atomic E-state index is 0. The van der Waals surface area contributed by atoms with Gasteiger partial charge >= 0.3 is 0 Å². The molecule has 6 aromatic rings. The largest absolute Gasteiger partial charge is 0.870 e. The maximum Gasteiger partial charge on any atom is 0.296 e. The number of nitrogens with one attached hydrogen (secondary N) is 1. The number of aromatic nitrogens is 5. The van der Waals surface area contributed by atoms with E-state index in [1.807, 2.05) is 71.5 Å². The number of aromatic amines is 1. The third-order valence-electron chi connectivity index (χ3n) is 6.34. The van der Waals surface area contributed by atoms with E-state index in [0.29, 0.717) is 27.1 Å². The standard InChI is InChI=1S/C29H20N6O4S.H2O/c1-39-24-13-12-19(15-22(24)33-38)26-20(17-34(32-26)21-10-6-3-7-11-21)16-25-28(37)35-29(40-25)30-27(36)23(31-35)14-18-8-4-2-5-9-18;/h2-13,15-17H,14H2,1H3;1H2/b25-16-;. The van der Waals surface area contributed by atoms with Crippen LogP contribution >= 0.6 is 11.3 Å². The lowest BCUT2D eigenvalue weighted by Crippen LogP contribution is -2.31. The van der Waals surface area contributed by atoms with Gasteiger partial charge in [0.05, 0.1) is 17.2 Å². The Kier molecular flexibility index (Phi) is 7.59. The van der Waals surface area contributed by atoms with Gasteiger partial charge in [0.1, 0.15) is 17.1 Å². The highest BCUT2D eigenvalue weighted by Crippen LogP contribution is 2.33. The minimum Gasteiger partial charge on any atom is -0.870 e. The highest BCUT2D eigenvalue weighted by atomic mass is 32.1. The Balaban J connectivity index is 0.00000337. The van der Waals surface area contributed by atoms with Gasteiger partial charge in [0, 0.05) is 24.1 Å². The van der Waals surface area contributed by atoms with E-state index in [1.54, 1.807) is 24.3 Å². The van der Waals surface area contributed by atoms with Gasteiger partial charge in [-0.1, -0.05) is 64.5 Å². The number of ether oxygens (including phenoxy) is 1. The van der Waals surface area contributed by atoms with Gasteiger partial charge < -0.3 is 10.2 Å². The molecule has 0 aliphatic rings. The normalized spacial score (nSPS) is 11.4. The average molecular weight is 567 g/mol. The lowest BCUT2D eigenvalue weighted by atomic mass is 10.1. The summed E-state index contributed by atoms with van der Waals surface area (Å²) in [5.74, 6) is 0.353. The summed E-state index contributed by atoms with van der Waals surface area (Å²) in [7, 11) is 1.47. The van der Waals surface area contributed by atoms with Crippen LogP contribution in [0.5, 0.6) is 5.75 Å². The molecule has 0 aliphatic carbocycles. The topological polar surface area (TPSA) is 153 Å². The summed E-state index contributed by atoms with van der Waals surface area (Å²) in [6.07, 6.45) is 3.83. The van der Waals surface area contributed by atoms with E-state index in [0.717, 1.165) is 22.6 Å². The molecule has 0 amide bonds. The number of H-pyrrole nitrogens is 1. The Morgan fingerprint density at radius 2 is 1.78 bits per heavy atom. The van der Waals surface area contributed by atoms with Gasteiger partial charge in [0.2, 0.25) is 16.8 Å². The summed E-state index contributed by atoms with van der Waals surface area (Å²) in [6, 6.07) is 24.1. The van der Waals surface area contributed by atoms with Crippen molar-refractivity contribution < 1.29 is 14.9 Å². The third-order valence-corrected chi connectivity index (χ3v) is 7.30. The molecule has 0 bridgehead atoms. The first-order valence-electron chi connectivity index (χ1n) is 12.2. The van der Waals surface area contributed by atoms with Crippen molar-refractivity contribution in [2.75, 3.05) is 7.11 Å². The molecule has 0 saturated carbocycles. The lowest BCUT2D eigenvalue weighted by Gasteiger charge is -2.04. The fourth-order valence-corrected chi connectivity index (χ4v) is 5.28. The van der Waals surface area contributed by atoms with Crippen LogP contribution in [-0.2, 0) is 6.42 Å². The van der Waals surface area contributed by atoms with Crippen LogP contribution in [0.15, 0.2) is 99.8 Å². The molecule has 0 unspecified atom stereocenters. The molecule has 41 heavy (non-hydrogen) atoms. The summed E-state index contributed by atoms with van der Waals surface area (Å²) in [5.41, 5.74) is 3.24. The molecule has 0 radical (unpaired) electrons. The number of para-hydroxylation sites is 1. The second-order valence-corrected chi connectivity index (χ2v) is 9.90. The fourth-order valence-electron chi connectivity index (χ4n) is 4.39. The van der Waals surface area contributed by atoms with Gasteiger partial charge in [-0.05, 0) is 35.0 Å². The molecule has 11 nitrogen and oxygen atoms in total. The Morgan fingerprint density at radius 1 is 1.05 bits per heavy atom. The van der Waals surface area contributed by atoms with Crippen molar-refractivity contribution in [2.24, 2.45) is 5.18 Å². The SMILES string of the molecule is COc1ccc(-c2[nH][n+](-c3ccccc3)cc2/C=c2\sc3nc(=O)c(Cc4ccccc4)nn3c2=O)cc1N=O.[OH-]. The van der Waals surface area contributed by atoms with Gasteiger partial charge in [-0.3, -0.25) is 9.59 Å². The van der Waals surface area contributed by atoms with Crippen molar-refractivity contribution in [3.8, 4) is 22.7 Å². The molecule has 0 fully saturated rings. The predicted octanol–water partition coefficient (Wildman–Crippen LogP) is 3.15. The molecule has 0 spiro atoms. The van der Waals surface area contributed by atoms with Crippen molar-refractivity contribution >= 4 is 28.1 Å². The van der Waals surface area contributed by atoms with Crippen LogP contribution in [0.2, 0.25) is 0 Å². The van der Waals surface area contributed by atoms with Crippen LogP contribution in [0, 0.1) is 4.91 Å². The molecule has 3 aromatic heterocycles. The number of hydrogen-bond acceptors (Lipinski definition) is 9. The van der Waals surface area contributed by atoms with Crippen LogP contribution < -0.4 is 25.1 Å². The van der Waals surface area contributed by atoms with Crippen LogP contribution in [0.1, 0.15) is 16.8 Å². The summed E-state index contributed by atoms with van der Waals surface area (Å²) in [6.45, 7) is 0. The second kappa shape index (κ2) is 11.4. The second-order valence-electron chi connectivity index (χ2n) is 8.89. The maximum absolute atomic E-state index is 13.4. The molecule has 0 atom stereocenters. The molecule has 3 aromatic carbocycles. The first-order valence-corrected chi connectivity index (χ1v) is 13.1. The highest BCUT2D eigenvalue weighted by Gasteiger charge is 2.20. The number of fused-ring (bicyclic) bond motifs is 1. The summed E-state index contributed by atoms with van der Waals surface area (Å²) >= 11 is 1.08. The van der Waals surface area contributed by atoms with Crippen molar-refractivity contribution in [3.63, 3.8) is 0 Å². The van der Waals surface area contributed by atoms with E-state index in [2.05, 4.69) is 20.4 Å². The van der Waals surface area contributed by atoms with Crippen LogP contribution in [-0.4, -0.2) is 32.3 Å². The van der Waals surface area contributed by atoms with Crippen LogP contribution in [0.25, 0.3) is 28.0 Å². The number of methoxy groups -OCH3 is 1. The van der Waals surface area contributed by atoms with Gasteiger partial charge in [0.25, 0.3) is 11.1 Å². The average Bonchev–Trinajstić information content (AvgIpc) is 3.54. The zero-order valence-electron chi connectivity index (χ0n) is 21.6. The number of nitroso groups, excluding NO2 is 1. The minimum atomic E-state index is -0.465. The highest BCUT2D eigenvalue weighted by molar-refractivity contribution is 7.15. The third kappa shape index (κ3) is 5.29. The Bertz CT molecular complexity index is 2040. The first-order chi connectivity index (χ1) is 19.5. The summed E-state index contributed by atoms with van der Waals surface area (Å²) in [5, 5.41) is 10.8. The van der Waals surface area contributed by atoms with Gasteiger partial charge in [0.15, 0.2) is 5.69 Å². The zero-order valence-corrected chi connectivity index (χ0v) is 22.4. The summed E-state index contributed by atoms with van der Waals surface area (Å²) in [4.78, 5) is 41.9. The molecule has 3 heterocycles. The number of hydrogen-bond donors (Lipinski definition) is 1. The molecule has 2 N–H and O–H groups in total. The number of benzene rings is 3. The molecule has 6 rings (SSSR count). The predicted molar refractivity (Wildman–Crippen MR) is 153 cm³/mol. The van der Waals surface area contributed by atoms with Gasteiger partial charge in [-0.25, -0.2) is 0 Å². The number of nitrogens with zero attached hydrogens (tertiary/aromatic N) is 5. The van der Waals surface area contributed by atoms with Crippen molar-refractivity contribution in [1.82, 2.24) is 19.7 Å². The van der Waals surface area contributed by atoms with Crippen LogP contribution in [0.4, 0.5) is 5.69 Å². The Labute approximate surface area is 235 Å². The van der Waals surface area contributed by atoms with Crippen molar-refractivity contribution in [3.05, 3.63) is 132 Å². The molecule has 0 saturated heterocycles. The molecular formula is C29H22N6O5S. The monoisotopic (exact) mass is 566 g/mol. The van der Waals surface area contributed by atoms with E-state index in [-0.39, 0.29) is 33.8 Å². The van der Waals surface area contributed by atoms with Gasteiger partial charge in [-0.15, -0.1) is 4.91 Å². The molecule has 0 aliphatic heterocycles. The van der Waals surface area contributed by atoms with Crippen molar-refractivity contribution in [1.29, 1.82) is 0 Å². The Hall–Kier alpha value is -5.33. The zero-order chi connectivity index (χ0) is 27.6. The Morgan fingerprint density at radius 3 is 2.49 bits per heavy atom. The van der Waals surface area contributed by atoms with Gasteiger partial charge in [-0.2, -0.15) is 19.7 Å². The quantitative estimate of drug-likeness (QED) is 0.230. The fraction of sp³-hybridized carbons (Fsp3) is 0.0690. The van der Waals surface area contributed by atoms with E-state index < -0.39 is 5.56 Å².